The van der Waals surface area contributed by atoms with Gasteiger partial charge in [-0.05, 0) is 46.0 Å². The second-order valence-corrected chi connectivity index (χ2v) is 7.52. The number of ether oxygens (including phenoxy) is 1. The van der Waals surface area contributed by atoms with Gasteiger partial charge < -0.3 is 19.9 Å². The van der Waals surface area contributed by atoms with Crippen molar-refractivity contribution in [3.63, 3.8) is 0 Å². The molecular formula is C17H28N4O3. The minimum Gasteiger partial charge on any atom is -0.444 e. The molecule has 0 aromatic rings. The number of rotatable bonds is 2. The molecule has 3 amide bonds. The van der Waals surface area contributed by atoms with E-state index in [1.165, 1.54) is 0 Å². The maximum Gasteiger partial charge on any atom is 0.410 e. The zero-order valence-electron chi connectivity index (χ0n) is 14.9. The van der Waals surface area contributed by atoms with E-state index in [1.807, 2.05) is 31.7 Å². The number of amides is 3. The smallest absolute Gasteiger partial charge is 0.410 e. The van der Waals surface area contributed by atoms with Crippen LogP contribution in [-0.2, 0) is 4.74 Å². The van der Waals surface area contributed by atoms with Gasteiger partial charge in [-0.2, -0.15) is 5.26 Å². The van der Waals surface area contributed by atoms with Crippen LogP contribution in [0.5, 0.6) is 0 Å². The van der Waals surface area contributed by atoms with Crippen molar-refractivity contribution in [2.45, 2.75) is 58.1 Å². The highest BCUT2D eigenvalue weighted by Gasteiger charge is 2.40. The number of nitriles is 1. The van der Waals surface area contributed by atoms with Gasteiger partial charge in [-0.15, -0.1) is 0 Å². The summed E-state index contributed by atoms with van der Waals surface area (Å²) in [7, 11) is 0. The lowest BCUT2D eigenvalue weighted by molar-refractivity contribution is -0.00138. The van der Waals surface area contributed by atoms with E-state index < -0.39 is 5.60 Å². The Balaban J connectivity index is 1.92. The summed E-state index contributed by atoms with van der Waals surface area (Å²) >= 11 is 0. The van der Waals surface area contributed by atoms with Crippen LogP contribution in [0, 0.1) is 17.2 Å². The number of likely N-dealkylation sites (tertiary alicyclic amines) is 2. The van der Waals surface area contributed by atoms with Crippen LogP contribution in [0.15, 0.2) is 0 Å². The highest BCUT2D eigenvalue weighted by atomic mass is 16.6. The third-order valence-corrected chi connectivity index (χ3v) is 4.49. The molecule has 2 rings (SSSR count). The van der Waals surface area contributed by atoms with Crippen molar-refractivity contribution < 1.29 is 14.3 Å². The second-order valence-electron chi connectivity index (χ2n) is 7.52. The average molecular weight is 336 g/mol. The maximum absolute atomic E-state index is 12.3. The second kappa shape index (κ2) is 7.73. The quantitative estimate of drug-likeness (QED) is 0.784. The molecule has 2 heterocycles. The number of carbonyl (C=O) groups is 2. The van der Waals surface area contributed by atoms with Crippen LogP contribution in [-0.4, -0.2) is 59.7 Å². The lowest BCUT2D eigenvalue weighted by Gasteiger charge is -2.47. The van der Waals surface area contributed by atoms with E-state index in [2.05, 4.69) is 5.32 Å². The first-order chi connectivity index (χ1) is 11.3. The Labute approximate surface area is 143 Å². The molecule has 2 unspecified atom stereocenters. The molecule has 2 atom stereocenters. The van der Waals surface area contributed by atoms with Crippen molar-refractivity contribution in [1.82, 2.24) is 15.1 Å². The molecule has 0 aromatic carbocycles. The summed E-state index contributed by atoms with van der Waals surface area (Å²) in [4.78, 5) is 28.2. The van der Waals surface area contributed by atoms with Crippen LogP contribution in [0.4, 0.5) is 9.59 Å². The fraction of sp³-hybridized carbons (Fsp3) is 0.824. The zero-order valence-corrected chi connectivity index (χ0v) is 14.9. The monoisotopic (exact) mass is 336 g/mol. The summed E-state index contributed by atoms with van der Waals surface area (Å²) in [5.41, 5.74) is -0.493. The molecule has 1 N–H and O–H groups in total. The largest absolute Gasteiger partial charge is 0.444 e. The van der Waals surface area contributed by atoms with E-state index in [4.69, 9.17) is 10.00 Å². The highest BCUT2D eigenvalue weighted by molar-refractivity contribution is 5.75. The van der Waals surface area contributed by atoms with E-state index >= 15 is 0 Å². The van der Waals surface area contributed by atoms with Crippen LogP contribution < -0.4 is 5.32 Å². The van der Waals surface area contributed by atoms with Crippen molar-refractivity contribution in [1.29, 1.82) is 5.26 Å². The van der Waals surface area contributed by atoms with Crippen LogP contribution in [0.25, 0.3) is 0 Å². The summed E-state index contributed by atoms with van der Waals surface area (Å²) in [5, 5.41) is 11.4. The van der Waals surface area contributed by atoms with Gasteiger partial charge >= 0.3 is 12.1 Å². The zero-order chi connectivity index (χ0) is 17.7. The number of hydrogen-bond donors (Lipinski definition) is 1. The Morgan fingerprint density at radius 3 is 2.71 bits per heavy atom. The first kappa shape index (κ1) is 18.4. The molecule has 24 heavy (non-hydrogen) atoms. The van der Waals surface area contributed by atoms with E-state index in [-0.39, 0.29) is 18.2 Å². The number of nitrogens with zero attached hydrogens (tertiary/aromatic N) is 3. The molecule has 7 heteroatoms. The lowest BCUT2D eigenvalue weighted by Crippen LogP contribution is -2.58. The van der Waals surface area contributed by atoms with Gasteiger partial charge in [-0.25, -0.2) is 9.59 Å². The predicted octanol–water partition coefficient (Wildman–Crippen LogP) is 2.33. The molecule has 0 aliphatic carbocycles. The van der Waals surface area contributed by atoms with Gasteiger partial charge in [0.2, 0.25) is 0 Å². The van der Waals surface area contributed by atoms with Crippen LogP contribution in [0.3, 0.4) is 0 Å². The van der Waals surface area contributed by atoms with Crippen molar-refractivity contribution >= 4 is 12.1 Å². The van der Waals surface area contributed by atoms with Crippen molar-refractivity contribution in [2.24, 2.45) is 5.92 Å². The molecule has 0 saturated carbocycles. The van der Waals surface area contributed by atoms with Crippen LogP contribution in [0.2, 0.25) is 0 Å². The molecule has 2 aliphatic heterocycles. The minimum atomic E-state index is -0.493. The Hall–Kier alpha value is -1.97. The molecule has 134 valence electrons. The van der Waals surface area contributed by atoms with Gasteiger partial charge in [0.1, 0.15) is 5.60 Å². The molecule has 0 radical (unpaired) electrons. The van der Waals surface area contributed by atoms with E-state index in [0.717, 1.165) is 25.8 Å². The standard InChI is InChI=1S/C17H28N4O3/c1-17(2,3)24-16(23)20-11-7-14-13(12-20)6-4-10-21(14)15(22)19-9-5-8-18/h13-14H,4-7,9-12H2,1-3H3,(H,19,22). The number of piperidine rings is 2. The molecule has 0 spiro atoms. The molecule has 0 bridgehead atoms. The third-order valence-electron chi connectivity index (χ3n) is 4.49. The number of carbonyl (C=O) groups excluding carboxylic acids is 2. The van der Waals surface area contributed by atoms with Gasteiger partial charge in [0.15, 0.2) is 0 Å². The van der Waals surface area contributed by atoms with E-state index in [0.29, 0.717) is 32.0 Å². The summed E-state index contributed by atoms with van der Waals surface area (Å²) < 4.78 is 5.46. The molecule has 7 nitrogen and oxygen atoms in total. The SMILES string of the molecule is CC(C)(C)OC(=O)N1CCC2C(CCCN2C(=O)NCCC#N)C1. The first-order valence-corrected chi connectivity index (χ1v) is 8.71. The number of hydrogen-bond acceptors (Lipinski definition) is 4. The topological polar surface area (TPSA) is 85.7 Å². The highest BCUT2D eigenvalue weighted by Crippen LogP contribution is 2.31. The van der Waals surface area contributed by atoms with E-state index in [1.54, 1.807) is 4.90 Å². The van der Waals surface area contributed by atoms with Gasteiger partial charge in [0.25, 0.3) is 0 Å². The van der Waals surface area contributed by atoms with Gasteiger partial charge in [-0.3, -0.25) is 0 Å². The summed E-state index contributed by atoms with van der Waals surface area (Å²) in [6.45, 7) is 7.97. The summed E-state index contributed by atoms with van der Waals surface area (Å²) in [6.07, 6.45) is 2.79. The Kier molecular flexibility index (Phi) is 5.92. The van der Waals surface area contributed by atoms with E-state index in [9.17, 15) is 9.59 Å². The summed E-state index contributed by atoms with van der Waals surface area (Å²) in [5.74, 6) is 0.293. The molecule has 2 fully saturated rings. The fourth-order valence-electron chi connectivity index (χ4n) is 3.47. The number of urea groups is 1. The normalized spacial score (nSPS) is 23.9. The van der Waals surface area contributed by atoms with Crippen LogP contribution >= 0.6 is 0 Å². The van der Waals surface area contributed by atoms with Crippen molar-refractivity contribution in [3.8, 4) is 6.07 Å². The van der Waals surface area contributed by atoms with Crippen molar-refractivity contribution in [2.75, 3.05) is 26.2 Å². The average Bonchev–Trinajstić information content (AvgIpc) is 2.52. The summed E-state index contributed by atoms with van der Waals surface area (Å²) in [6, 6.07) is 2.10. The fourth-order valence-corrected chi connectivity index (χ4v) is 3.47. The molecular weight excluding hydrogens is 308 g/mol. The Bertz CT molecular complexity index is 509. The van der Waals surface area contributed by atoms with Gasteiger partial charge in [0.05, 0.1) is 12.5 Å². The van der Waals surface area contributed by atoms with Crippen molar-refractivity contribution in [3.05, 3.63) is 0 Å². The predicted molar refractivity (Wildman–Crippen MR) is 89.3 cm³/mol. The Morgan fingerprint density at radius 1 is 1.29 bits per heavy atom. The van der Waals surface area contributed by atoms with Crippen LogP contribution in [0.1, 0.15) is 46.5 Å². The minimum absolute atomic E-state index is 0.0920. The Morgan fingerprint density at radius 2 is 2.04 bits per heavy atom. The third kappa shape index (κ3) is 4.76. The first-order valence-electron chi connectivity index (χ1n) is 8.71. The number of nitrogens with one attached hydrogen (secondary N) is 1. The molecule has 2 aliphatic rings. The molecule has 0 aromatic heterocycles. The van der Waals surface area contributed by atoms with Gasteiger partial charge in [-0.1, -0.05) is 0 Å². The van der Waals surface area contributed by atoms with Gasteiger partial charge in [0, 0.05) is 32.2 Å². The maximum atomic E-state index is 12.3. The lowest BCUT2D eigenvalue weighted by atomic mass is 9.84. The molecule has 2 saturated heterocycles. The number of fused-ring (bicyclic) bond motifs is 1.